The van der Waals surface area contributed by atoms with Crippen molar-refractivity contribution in [2.45, 2.75) is 78.6 Å². The monoisotopic (exact) mass is 1080 g/mol. The van der Waals surface area contributed by atoms with Crippen LogP contribution in [0.2, 0.25) is 0 Å². The number of benzene rings is 8. The van der Waals surface area contributed by atoms with E-state index in [-0.39, 0.29) is 37.3 Å². The fourth-order valence-electron chi connectivity index (χ4n) is 9.70. The van der Waals surface area contributed by atoms with E-state index in [9.17, 15) is 0 Å². The molecular weight excluding hydrogens is 1020 g/mol. The molecule has 348 valence electrons. The average molecular weight is 1080 g/mol. The van der Waals surface area contributed by atoms with Crippen LogP contribution in [-0.4, -0.2) is 21.1 Å². The third-order valence-corrected chi connectivity index (χ3v) is 13.6. The van der Waals surface area contributed by atoms with Gasteiger partial charge in [0.25, 0.3) is 0 Å². The first-order valence-corrected chi connectivity index (χ1v) is 23.6. The van der Waals surface area contributed by atoms with Gasteiger partial charge in [-0.05, 0) is 75.8 Å². The van der Waals surface area contributed by atoms with Crippen LogP contribution in [-0.2, 0) is 37.3 Å². The largest absolute Gasteiger partial charge is 0.504 e. The van der Waals surface area contributed by atoms with Gasteiger partial charge >= 0.3 is 0 Å². The van der Waals surface area contributed by atoms with Gasteiger partial charge in [-0.25, -0.2) is 4.98 Å². The summed E-state index contributed by atoms with van der Waals surface area (Å²) < 4.78 is 30.6. The zero-order valence-electron chi connectivity index (χ0n) is 43.7. The van der Waals surface area contributed by atoms with Crippen LogP contribution in [0.15, 0.2) is 164 Å². The second-order valence-electron chi connectivity index (χ2n) is 21.4. The number of anilines is 3. The molecule has 0 N–H and O–H groups in total. The Morgan fingerprint density at radius 2 is 1.19 bits per heavy atom. The summed E-state index contributed by atoms with van der Waals surface area (Å²) in [7, 11) is 0. The van der Waals surface area contributed by atoms with Crippen LogP contribution >= 0.6 is 0 Å². The molecule has 10 aromatic rings. The Balaban J connectivity index is 0.00000596. The van der Waals surface area contributed by atoms with Crippen molar-refractivity contribution in [1.29, 1.82) is 0 Å². The maximum absolute atomic E-state index is 8.67. The number of hydrogen-bond acceptors (Lipinski definition) is 3. The van der Waals surface area contributed by atoms with Crippen LogP contribution < -0.4 is 9.80 Å². The summed E-state index contributed by atoms with van der Waals surface area (Å²) in [5.41, 5.74) is 15.9. The number of para-hydroxylation sites is 2. The maximum Gasteiger partial charge on any atom is 0.217 e. The molecule has 5 nitrogen and oxygen atoms in total. The molecule has 0 atom stereocenters. The fourth-order valence-corrected chi connectivity index (χ4v) is 9.70. The van der Waals surface area contributed by atoms with Gasteiger partial charge in [0.1, 0.15) is 0 Å². The molecule has 0 radical (unpaired) electrons. The molecule has 0 bridgehead atoms. The molecule has 0 aliphatic carbocycles. The summed E-state index contributed by atoms with van der Waals surface area (Å²) >= 11 is 0. The van der Waals surface area contributed by atoms with Gasteiger partial charge in [-0.3, -0.25) is 4.57 Å². The first kappa shape index (κ1) is 42.4. The Morgan fingerprint density at radius 1 is 0.522 bits per heavy atom. The second kappa shape index (κ2) is 17.1. The molecule has 0 saturated carbocycles. The fraction of sp³-hybridized carbons (Fsp3) is 0.206. The van der Waals surface area contributed by atoms with Crippen molar-refractivity contribution in [3.05, 3.63) is 199 Å². The van der Waals surface area contributed by atoms with E-state index in [1.54, 1.807) is 6.67 Å². The molecule has 8 aromatic carbocycles. The number of aromatic nitrogens is 3. The molecule has 0 spiro atoms. The summed E-state index contributed by atoms with van der Waals surface area (Å²) in [4.78, 5) is 9.18. The van der Waals surface area contributed by atoms with Crippen molar-refractivity contribution in [3.63, 3.8) is 0 Å². The smallest absolute Gasteiger partial charge is 0.217 e. The zero-order valence-corrected chi connectivity index (χ0v) is 43.0. The van der Waals surface area contributed by atoms with E-state index in [1.165, 1.54) is 16.0 Å². The maximum atomic E-state index is 8.67. The quantitative estimate of drug-likeness (QED) is 0.155. The summed E-state index contributed by atoms with van der Waals surface area (Å²) in [6, 6.07) is 65.1. The van der Waals surface area contributed by atoms with Gasteiger partial charge in [0.05, 0.1) is 16.7 Å². The molecule has 0 saturated heterocycles. The number of fused-ring (bicyclic) bond motifs is 5. The van der Waals surface area contributed by atoms with Crippen LogP contribution in [0.5, 0.6) is 0 Å². The molecule has 3 heterocycles. The van der Waals surface area contributed by atoms with Gasteiger partial charge in [0.2, 0.25) is 5.95 Å². The van der Waals surface area contributed by atoms with Gasteiger partial charge in [-0.2, -0.15) is 24.9 Å². The third-order valence-electron chi connectivity index (χ3n) is 13.6. The molecule has 11 rings (SSSR count). The van der Waals surface area contributed by atoms with E-state index in [4.69, 9.17) is 9.10 Å². The van der Waals surface area contributed by atoms with Crippen LogP contribution in [0.4, 0.5) is 17.1 Å². The van der Waals surface area contributed by atoms with E-state index in [2.05, 4.69) is 205 Å². The van der Waals surface area contributed by atoms with E-state index in [0.29, 0.717) is 5.69 Å². The van der Waals surface area contributed by atoms with Crippen LogP contribution in [0.25, 0.3) is 77.9 Å². The van der Waals surface area contributed by atoms with Gasteiger partial charge < -0.3 is 14.4 Å². The summed E-state index contributed by atoms with van der Waals surface area (Å²) in [6.45, 7) is 19.5. The van der Waals surface area contributed by atoms with Crippen molar-refractivity contribution in [1.82, 2.24) is 14.1 Å². The SMILES string of the molecule is [2H]C([2H])([2H])N1[CH-]N(c2[c-]c(-c3cccc4c3nc(-n3c5[c-]cc(C(C)(C)C)cc5c5cc(C(C)(C)C)ccc53)n4-c3ccccc3-c3ccccc3)cc(C(C)(C)C)c2)c2ccc(-c3ccccc3)cc21.[Pt]. The summed E-state index contributed by atoms with van der Waals surface area (Å²) in [5, 5.41) is 2.29. The molecule has 1 aliphatic heterocycles. The normalized spacial score (nSPS) is 14.0. The predicted molar refractivity (Wildman–Crippen MR) is 287 cm³/mol. The molecule has 0 unspecified atom stereocenters. The summed E-state index contributed by atoms with van der Waals surface area (Å²) in [5.74, 6) is 0.746. The van der Waals surface area contributed by atoms with Crippen LogP contribution in [0, 0.1) is 18.8 Å². The van der Waals surface area contributed by atoms with Crippen LogP contribution in [0.3, 0.4) is 0 Å². The van der Waals surface area contributed by atoms with Crippen molar-refractivity contribution >= 4 is 49.9 Å². The Hall–Kier alpha value is -6.68. The van der Waals surface area contributed by atoms with Gasteiger partial charge in [0.15, 0.2) is 0 Å². The minimum Gasteiger partial charge on any atom is -0.504 e. The topological polar surface area (TPSA) is 29.2 Å². The molecule has 0 amide bonds. The van der Waals surface area contributed by atoms with Crippen LogP contribution in [0.1, 0.15) is 83.1 Å². The molecule has 2 aromatic heterocycles. The summed E-state index contributed by atoms with van der Waals surface area (Å²) in [6.07, 6.45) is 0. The van der Waals surface area contributed by atoms with E-state index >= 15 is 0 Å². The van der Waals surface area contributed by atoms with Crippen molar-refractivity contribution in [2.75, 3.05) is 16.8 Å². The average Bonchev–Trinajstić information content (AvgIpc) is 4.03. The second-order valence-corrected chi connectivity index (χ2v) is 21.4. The molecular formula is C63H58N5Pt-3. The Morgan fingerprint density at radius 3 is 1.90 bits per heavy atom. The minimum atomic E-state index is -2.43. The number of imidazole rings is 1. The number of rotatable bonds is 6. The van der Waals surface area contributed by atoms with E-state index < -0.39 is 6.98 Å². The third kappa shape index (κ3) is 8.09. The van der Waals surface area contributed by atoms with E-state index in [1.807, 2.05) is 47.4 Å². The minimum absolute atomic E-state index is 0. The van der Waals surface area contributed by atoms with Gasteiger partial charge in [-0.1, -0.05) is 194 Å². The van der Waals surface area contributed by atoms with E-state index in [0.717, 1.165) is 94.8 Å². The Bertz CT molecular complexity index is 3610. The molecule has 0 fully saturated rings. The standard InChI is InChI=1S/C63H58N5.Pt/c1-61(2,3)45-29-32-54-51(38-45)52-39-46(62(4,5)6)30-33-55(52)67(54)60-64-59-50(25-19-27-57(59)68(60)53-26-18-17-24-49(53)42-22-15-12-16-23-42)44-34-47(63(7,8)9)37-48(35-44)66-40-65(10)58-36-43(28-31-56(58)66)41-20-13-11-14-21-41;/h11-32,34,36-40H,1-10H3;/q-3;/i10D3;. The van der Waals surface area contributed by atoms with Crippen molar-refractivity contribution in [3.8, 4) is 45.0 Å². The first-order valence-electron chi connectivity index (χ1n) is 25.1. The molecule has 1 aliphatic rings. The number of hydrogen-bond donors (Lipinski definition) is 0. The first-order chi connectivity index (χ1) is 33.7. The van der Waals surface area contributed by atoms with Gasteiger partial charge in [-0.15, -0.1) is 40.3 Å². The Labute approximate surface area is 426 Å². The number of nitrogens with zero attached hydrogens (tertiary/aromatic N) is 5. The molecule has 69 heavy (non-hydrogen) atoms. The molecule has 6 heteroatoms. The van der Waals surface area contributed by atoms with Crippen molar-refractivity contribution in [2.24, 2.45) is 0 Å². The Kier molecular flexibility index (Phi) is 10.5. The zero-order chi connectivity index (χ0) is 49.8. The van der Waals surface area contributed by atoms with Gasteiger partial charge in [0, 0.05) is 47.6 Å². The predicted octanol–water partition coefficient (Wildman–Crippen LogP) is 16.3. The van der Waals surface area contributed by atoms with Crippen molar-refractivity contribution < 1.29 is 25.2 Å².